The van der Waals surface area contributed by atoms with E-state index < -0.39 is 4.92 Å². The van der Waals surface area contributed by atoms with Gasteiger partial charge in [0.15, 0.2) is 5.82 Å². The zero-order valence-corrected chi connectivity index (χ0v) is 15.4. The largest absolute Gasteiger partial charge is 0.326 e. The summed E-state index contributed by atoms with van der Waals surface area (Å²) < 4.78 is 0. The Morgan fingerprint density at radius 2 is 2.11 bits per heavy atom. The Labute approximate surface area is 165 Å². The van der Waals surface area contributed by atoms with Crippen molar-refractivity contribution in [3.05, 3.63) is 69.0 Å². The van der Waals surface area contributed by atoms with Crippen molar-refractivity contribution < 1.29 is 9.72 Å². The van der Waals surface area contributed by atoms with Crippen LogP contribution in [0.2, 0.25) is 5.02 Å². The van der Waals surface area contributed by atoms with E-state index in [1.807, 2.05) is 12.1 Å². The smallest absolute Gasteiger partial charge is 0.270 e. The molecule has 8 nitrogen and oxygen atoms in total. The molecule has 1 saturated carbocycles. The van der Waals surface area contributed by atoms with Crippen LogP contribution in [0.4, 0.5) is 11.4 Å². The number of carbonyl (C=O) groups is 1. The lowest BCUT2D eigenvalue weighted by Gasteiger charge is -2.07. The molecule has 9 heteroatoms. The molecule has 4 rings (SSSR count). The fourth-order valence-electron chi connectivity index (χ4n) is 2.85. The molecule has 1 aliphatic carbocycles. The highest BCUT2D eigenvalue weighted by molar-refractivity contribution is 6.31. The van der Waals surface area contributed by atoms with Crippen LogP contribution in [0.1, 0.15) is 30.1 Å². The van der Waals surface area contributed by atoms with Crippen LogP contribution >= 0.6 is 11.6 Å². The third-order valence-corrected chi connectivity index (χ3v) is 4.82. The van der Waals surface area contributed by atoms with Crippen LogP contribution in [0.15, 0.2) is 42.5 Å². The molecule has 1 heterocycles. The van der Waals surface area contributed by atoms with E-state index in [0.717, 1.165) is 24.2 Å². The molecule has 1 fully saturated rings. The van der Waals surface area contributed by atoms with Gasteiger partial charge in [0, 0.05) is 29.3 Å². The van der Waals surface area contributed by atoms with Crippen molar-refractivity contribution in [1.29, 1.82) is 0 Å². The van der Waals surface area contributed by atoms with E-state index in [4.69, 9.17) is 11.6 Å². The van der Waals surface area contributed by atoms with Crippen molar-refractivity contribution in [3.8, 4) is 11.4 Å². The molecular formula is C19H16ClN5O3. The Kier molecular flexibility index (Phi) is 4.79. The fourth-order valence-corrected chi connectivity index (χ4v) is 3.09. The number of amides is 1. The number of carbonyl (C=O) groups excluding carboxylic acids is 1. The van der Waals surface area contributed by atoms with E-state index in [1.165, 1.54) is 18.2 Å². The number of nitro groups is 1. The zero-order valence-electron chi connectivity index (χ0n) is 14.7. The van der Waals surface area contributed by atoms with Crippen molar-refractivity contribution in [2.75, 3.05) is 5.32 Å². The summed E-state index contributed by atoms with van der Waals surface area (Å²) in [6.45, 7) is 0. The number of aromatic amines is 1. The molecule has 2 aromatic carbocycles. The van der Waals surface area contributed by atoms with Crippen molar-refractivity contribution in [2.45, 2.75) is 25.2 Å². The van der Waals surface area contributed by atoms with Gasteiger partial charge in [-0.15, -0.1) is 0 Å². The van der Waals surface area contributed by atoms with Crippen LogP contribution in [0.25, 0.3) is 11.4 Å². The molecule has 0 spiro atoms. The number of nitrogens with zero attached hydrogens (tertiary/aromatic N) is 3. The minimum absolute atomic E-state index is 0.00748. The fraction of sp³-hybridized carbons (Fsp3) is 0.211. The van der Waals surface area contributed by atoms with Gasteiger partial charge in [-0.25, -0.2) is 4.98 Å². The predicted molar refractivity (Wildman–Crippen MR) is 104 cm³/mol. The number of nitrogens with one attached hydrogen (secondary N) is 2. The van der Waals surface area contributed by atoms with Gasteiger partial charge >= 0.3 is 0 Å². The second-order valence-electron chi connectivity index (χ2n) is 6.66. The summed E-state index contributed by atoms with van der Waals surface area (Å²) >= 11 is 6.05. The third-order valence-electron chi connectivity index (χ3n) is 4.47. The maximum atomic E-state index is 12.4. The third kappa shape index (κ3) is 4.01. The number of nitro benzene ring substituents is 1. The van der Waals surface area contributed by atoms with Crippen LogP contribution < -0.4 is 5.32 Å². The molecule has 0 saturated heterocycles. The summed E-state index contributed by atoms with van der Waals surface area (Å²) in [5.41, 5.74) is 1.82. The molecule has 0 bridgehead atoms. The molecule has 2 N–H and O–H groups in total. The molecule has 0 radical (unpaired) electrons. The molecule has 0 atom stereocenters. The first-order valence-corrected chi connectivity index (χ1v) is 9.13. The van der Waals surface area contributed by atoms with E-state index in [-0.39, 0.29) is 23.0 Å². The zero-order chi connectivity index (χ0) is 19.7. The quantitative estimate of drug-likeness (QED) is 0.480. The molecular weight excluding hydrogens is 382 g/mol. The predicted octanol–water partition coefficient (Wildman–Crippen LogP) is 4.09. The van der Waals surface area contributed by atoms with E-state index in [2.05, 4.69) is 20.5 Å². The van der Waals surface area contributed by atoms with Crippen LogP contribution in [0.3, 0.4) is 0 Å². The number of benzene rings is 2. The second-order valence-corrected chi connectivity index (χ2v) is 7.06. The lowest BCUT2D eigenvalue weighted by molar-refractivity contribution is -0.384. The number of H-pyrrole nitrogens is 1. The maximum absolute atomic E-state index is 12.4. The standard InChI is InChI=1S/C19H16ClN5O3/c20-16-10-15(25(27)28)7-6-12(16)9-17(26)21-14-3-1-2-13(8-14)19-22-18(23-24-19)11-4-5-11/h1-3,6-8,10-11H,4-5,9H2,(H,21,26)(H,22,23,24). The minimum Gasteiger partial charge on any atom is -0.326 e. The molecule has 3 aromatic rings. The SMILES string of the molecule is O=C(Cc1ccc([N+](=O)[O-])cc1Cl)Nc1cccc(-c2n[nH]c(C3CC3)n2)c1. The van der Waals surface area contributed by atoms with Crippen molar-refractivity contribution in [3.63, 3.8) is 0 Å². The van der Waals surface area contributed by atoms with Crippen molar-refractivity contribution >= 4 is 28.9 Å². The molecule has 0 aliphatic heterocycles. The van der Waals surface area contributed by atoms with Gasteiger partial charge < -0.3 is 5.32 Å². The average molecular weight is 398 g/mol. The first kappa shape index (κ1) is 18.1. The van der Waals surface area contributed by atoms with Gasteiger partial charge in [-0.2, -0.15) is 5.10 Å². The van der Waals surface area contributed by atoms with Gasteiger partial charge in [0.05, 0.1) is 16.4 Å². The number of hydrogen-bond donors (Lipinski definition) is 2. The number of anilines is 1. The highest BCUT2D eigenvalue weighted by atomic mass is 35.5. The highest BCUT2D eigenvalue weighted by Crippen LogP contribution is 2.38. The Morgan fingerprint density at radius 3 is 2.82 bits per heavy atom. The van der Waals surface area contributed by atoms with Crippen LogP contribution in [-0.4, -0.2) is 26.0 Å². The number of rotatable bonds is 6. The Morgan fingerprint density at radius 1 is 1.29 bits per heavy atom. The molecule has 28 heavy (non-hydrogen) atoms. The number of hydrogen-bond acceptors (Lipinski definition) is 5. The normalized spacial score (nSPS) is 13.3. The highest BCUT2D eigenvalue weighted by Gasteiger charge is 2.27. The van der Waals surface area contributed by atoms with Gasteiger partial charge in [-0.3, -0.25) is 20.0 Å². The second kappa shape index (κ2) is 7.40. The maximum Gasteiger partial charge on any atom is 0.270 e. The average Bonchev–Trinajstić information content (AvgIpc) is 3.40. The van der Waals surface area contributed by atoms with Crippen LogP contribution in [-0.2, 0) is 11.2 Å². The van der Waals surface area contributed by atoms with Gasteiger partial charge in [0.2, 0.25) is 5.91 Å². The van der Waals surface area contributed by atoms with Crippen LogP contribution in [0, 0.1) is 10.1 Å². The summed E-state index contributed by atoms with van der Waals surface area (Å²) in [4.78, 5) is 27.1. The lowest BCUT2D eigenvalue weighted by Crippen LogP contribution is -2.14. The molecule has 142 valence electrons. The molecule has 1 amide bonds. The Balaban J connectivity index is 1.45. The lowest BCUT2D eigenvalue weighted by atomic mass is 10.1. The van der Waals surface area contributed by atoms with Gasteiger partial charge in [-0.1, -0.05) is 29.8 Å². The van der Waals surface area contributed by atoms with E-state index >= 15 is 0 Å². The molecule has 1 aliphatic rings. The van der Waals surface area contributed by atoms with Crippen LogP contribution in [0.5, 0.6) is 0 Å². The monoisotopic (exact) mass is 397 g/mol. The summed E-state index contributed by atoms with van der Waals surface area (Å²) in [5.74, 6) is 1.70. The summed E-state index contributed by atoms with van der Waals surface area (Å²) in [5, 5.41) is 21.0. The summed E-state index contributed by atoms with van der Waals surface area (Å²) in [7, 11) is 0. The van der Waals surface area contributed by atoms with Crippen molar-refractivity contribution in [1.82, 2.24) is 15.2 Å². The Hall–Kier alpha value is -3.26. The number of aromatic nitrogens is 3. The summed E-state index contributed by atoms with van der Waals surface area (Å²) in [6.07, 6.45) is 2.28. The van der Waals surface area contributed by atoms with Gasteiger partial charge in [-0.05, 0) is 30.5 Å². The minimum atomic E-state index is -0.529. The van der Waals surface area contributed by atoms with Crippen molar-refractivity contribution in [2.24, 2.45) is 0 Å². The van der Waals surface area contributed by atoms with E-state index in [1.54, 1.807) is 12.1 Å². The van der Waals surface area contributed by atoms with Gasteiger partial charge in [0.25, 0.3) is 5.69 Å². The van der Waals surface area contributed by atoms with E-state index in [9.17, 15) is 14.9 Å². The first-order chi connectivity index (χ1) is 13.5. The number of halogens is 1. The number of non-ortho nitro benzene ring substituents is 1. The Bertz CT molecular complexity index is 1060. The molecule has 1 aromatic heterocycles. The van der Waals surface area contributed by atoms with Gasteiger partial charge in [0.1, 0.15) is 5.82 Å². The molecule has 0 unspecified atom stereocenters. The summed E-state index contributed by atoms with van der Waals surface area (Å²) in [6, 6.07) is 11.3. The first-order valence-electron chi connectivity index (χ1n) is 8.75. The topological polar surface area (TPSA) is 114 Å². The van der Waals surface area contributed by atoms with E-state index in [0.29, 0.717) is 23.0 Å².